The molecule has 2 nitrogen and oxygen atoms in total. The lowest BCUT2D eigenvalue weighted by Crippen LogP contribution is -2.47. The molecular formula is C21H21F3N2. The molecule has 0 aliphatic carbocycles. The highest BCUT2D eigenvalue weighted by atomic mass is 19.4. The summed E-state index contributed by atoms with van der Waals surface area (Å²) in [6, 6.07) is 11.8. The molecule has 3 heterocycles. The summed E-state index contributed by atoms with van der Waals surface area (Å²) in [5, 5.41) is 0. The Kier molecular flexibility index (Phi) is 4.57. The van der Waals surface area contributed by atoms with Crippen LogP contribution in [0.15, 0.2) is 54.9 Å². The predicted molar refractivity (Wildman–Crippen MR) is 95.2 cm³/mol. The molecule has 0 saturated carbocycles. The maximum Gasteiger partial charge on any atom is 0.417 e. The molecule has 0 radical (unpaired) electrons. The molecule has 5 heteroatoms. The molecule has 2 atom stereocenters. The Hall–Kier alpha value is -2.14. The van der Waals surface area contributed by atoms with Gasteiger partial charge in [-0.25, -0.2) is 0 Å². The molecule has 1 fully saturated rings. The van der Waals surface area contributed by atoms with E-state index in [-0.39, 0.29) is 17.6 Å². The van der Waals surface area contributed by atoms with Gasteiger partial charge in [-0.05, 0) is 36.5 Å². The first-order chi connectivity index (χ1) is 12.5. The summed E-state index contributed by atoms with van der Waals surface area (Å²) < 4.78 is 40.2. The van der Waals surface area contributed by atoms with Crippen LogP contribution in [0.1, 0.15) is 42.4 Å². The SMILES string of the molecule is FC(F)(F)c1ccncc1C1=CC2CCCC(C1)N2Cc1ccccc1. The Morgan fingerprint density at radius 2 is 1.88 bits per heavy atom. The lowest BCUT2D eigenvalue weighted by Gasteiger charge is -2.45. The van der Waals surface area contributed by atoms with Crippen molar-refractivity contribution in [3.8, 4) is 0 Å². The molecule has 1 aromatic carbocycles. The second-order valence-electron chi connectivity index (χ2n) is 7.13. The Labute approximate surface area is 151 Å². The van der Waals surface area contributed by atoms with Gasteiger partial charge in [0.25, 0.3) is 0 Å². The van der Waals surface area contributed by atoms with Gasteiger partial charge in [-0.1, -0.05) is 42.8 Å². The maximum atomic E-state index is 13.4. The molecule has 2 aromatic rings. The Balaban J connectivity index is 1.65. The van der Waals surface area contributed by atoms with E-state index in [0.717, 1.165) is 37.4 Å². The third-order valence-corrected chi connectivity index (χ3v) is 5.46. The van der Waals surface area contributed by atoms with Gasteiger partial charge in [0, 0.05) is 36.6 Å². The van der Waals surface area contributed by atoms with Crippen molar-refractivity contribution in [2.45, 2.75) is 50.5 Å². The summed E-state index contributed by atoms with van der Waals surface area (Å²) in [5.41, 5.74) is 1.72. The van der Waals surface area contributed by atoms with Gasteiger partial charge in [0.15, 0.2) is 0 Å². The van der Waals surface area contributed by atoms with E-state index in [1.165, 1.54) is 18.0 Å². The second kappa shape index (κ2) is 6.88. The largest absolute Gasteiger partial charge is 0.417 e. The van der Waals surface area contributed by atoms with Crippen LogP contribution in [0.5, 0.6) is 0 Å². The minimum absolute atomic E-state index is 0.194. The number of rotatable bonds is 3. The van der Waals surface area contributed by atoms with Crippen LogP contribution in [0.25, 0.3) is 5.57 Å². The van der Waals surface area contributed by atoms with E-state index in [9.17, 15) is 13.2 Å². The second-order valence-corrected chi connectivity index (χ2v) is 7.13. The molecule has 0 spiro atoms. The standard InChI is InChI=1S/C21H21F3N2/c22-21(23,24)20-9-10-25-13-19(20)16-11-17-7-4-8-18(12-16)26(17)14-15-5-2-1-3-6-15/h1-3,5-6,9-11,13,17-18H,4,7-8,12,14H2. The highest BCUT2D eigenvalue weighted by molar-refractivity contribution is 5.70. The fourth-order valence-corrected chi connectivity index (χ4v) is 4.26. The first-order valence-corrected chi connectivity index (χ1v) is 9.04. The Bertz CT molecular complexity index is 798. The molecule has 0 N–H and O–H groups in total. The fraction of sp³-hybridized carbons (Fsp3) is 0.381. The number of benzene rings is 1. The summed E-state index contributed by atoms with van der Waals surface area (Å²) in [6.07, 6.45) is 4.09. The van der Waals surface area contributed by atoms with Gasteiger partial charge in [0.2, 0.25) is 0 Å². The van der Waals surface area contributed by atoms with Crippen molar-refractivity contribution < 1.29 is 13.2 Å². The van der Waals surface area contributed by atoms with Gasteiger partial charge in [0.1, 0.15) is 0 Å². The Morgan fingerprint density at radius 3 is 2.62 bits per heavy atom. The normalized spacial score (nSPS) is 23.6. The van der Waals surface area contributed by atoms with Gasteiger partial charge in [0.05, 0.1) is 5.56 Å². The molecule has 4 rings (SSSR count). The van der Waals surface area contributed by atoms with Crippen molar-refractivity contribution in [1.29, 1.82) is 0 Å². The molecular weight excluding hydrogens is 337 g/mol. The zero-order chi connectivity index (χ0) is 18.1. The average molecular weight is 358 g/mol. The highest BCUT2D eigenvalue weighted by Crippen LogP contribution is 2.41. The minimum atomic E-state index is -4.35. The molecule has 1 aromatic heterocycles. The van der Waals surface area contributed by atoms with E-state index < -0.39 is 11.7 Å². The number of pyridine rings is 1. The first-order valence-electron chi connectivity index (χ1n) is 9.04. The quantitative estimate of drug-likeness (QED) is 0.739. The van der Waals surface area contributed by atoms with Crippen molar-refractivity contribution in [2.24, 2.45) is 0 Å². The molecule has 2 aliphatic rings. The number of nitrogens with zero attached hydrogens (tertiary/aromatic N) is 2. The van der Waals surface area contributed by atoms with E-state index in [1.807, 2.05) is 24.3 Å². The van der Waals surface area contributed by atoms with Gasteiger partial charge in [-0.15, -0.1) is 0 Å². The van der Waals surface area contributed by atoms with Gasteiger partial charge in [-0.2, -0.15) is 13.2 Å². The number of piperidine rings is 1. The molecule has 136 valence electrons. The van der Waals surface area contributed by atoms with E-state index in [0.29, 0.717) is 6.42 Å². The van der Waals surface area contributed by atoms with Crippen LogP contribution in [-0.4, -0.2) is 22.0 Å². The monoisotopic (exact) mass is 358 g/mol. The summed E-state index contributed by atoms with van der Waals surface area (Å²) in [5.74, 6) is 0. The third-order valence-electron chi connectivity index (χ3n) is 5.46. The maximum absolute atomic E-state index is 13.4. The molecule has 2 unspecified atom stereocenters. The lowest BCUT2D eigenvalue weighted by atomic mass is 9.82. The fourth-order valence-electron chi connectivity index (χ4n) is 4.26. The van der Waals surface area contributed by atoms with E-state index in [1.54, 1.807) is 0 Å². The molecule has 2 aliphatic heterocycles. The smallest absolute Gasteiger partial charge is 0.289 e. The van der Waals surface area contributed by atoms with Gasteiger partial charge >= 0.3 is 6.18 Å². The molecule has 1 saturated heterocycles. The summed E-state index contributed by atoms with van der Waals surface area (Å²) in [6.45, 7) is 0.846. The third kappa shape index (κ3) is 3.40. The molecule has 26 heavy (non-hydrogen) atoms. The number of alkyl halides is 3. The van der Waals surface area contributed by atoms with Crippen LogP contribution in [-0.2, 0) is 12.7 Å². The summed E-state index contributed by atoms with van der Waals surface area (Å²) in [4.78, 5) is 6.41. The predicted octanol–water partition coefficient (Wildman–Crippen LogP) is 5.31. The van der Waals surface area contributed by atoms with Crippen molar-refractivity contribution in [1.82, 2.24) is 9.88 Å². The lowest BCUT2D eigenvalue weighted by molar-refractivity contribution is -0.137. The van der Waals surface area contributed by atoms with E-state index in [4.69, 9.17) is 0 Å². The number of aromatic nitrogens is 1. The zero-order valence-corrected chi connectivity index (χ0v) is 14.4. The van der Waals surface area contributed by atoms with Crippen LogP contribution >= 0.6 is 0 Å². The van der Waals surface area contributed by atoms with Crippen molar-refractivity contribution >= 4 is 5.57 Å². The van der Waals surface area contributed by atoms with Crippen LogP contribution < -0.4 is 0 Å². The average Bonchev–Trinajstić information content (AvgIpc) is 2.62. The van der Waals surface area contributed by atoms with Crippen molar-refractivity contribution in [3.63, 3.8) is 0 Å². The van der Waals surface area contributed by atoms with E-state index in [2.05, 4.69) is 22.0 Å². The number of halogens is 3. The molecule has 0 amide bonds. The van der Waals surface area contributed by atoms with E-state index >= 15 is 0 Å². The minimum Gasteiger partial charge on any atom is -0.289 e. The number of hydrogen-bond acceptors (Lipinski definition) is 2. The van der Waals surface area contributed by atoms with Crippen LogP contribution in [0.2, 0.25) is 0 Å². The summed E-state index contributed by atoms with van der Waals surface area (Å²) in [7, 11) is 0. The van der Waals surface area contributed by atoms with Crippen LogP contribution in [0.4, 0.5) is 13.2 Å². The number of hydrogen-bond donors (Lipinski definition) is 0. The Morgan fingerprint density at radius 1 is 1.08 bits per heavy atom. The topological polar surface area (TPSA) is 16.1 Å². The van der Waals surface area contributed by atoms with Crippen LogP contribution in [0, 0.1) is 0 Å². The first kappa shape index (κ1) is 17.3. The zero-order valence-electron chi connectivity index (χ0n) is 14.4. The summed E-state index contributed by atoms with van der Waals surface area (Å²) >= 11 is 0. The molecule has 2 bridgehead atoms. The van der Waals surface area contributed by atoms with Crippen molar-refractivity contribution in [2.75, 3.05) is 0 Å². The highest BCUT2D eigenvalue weighted by Gasteiger charge is 2.38. The van der Waals surface area contributed by atoms with Crippen LogP contribution in [0.3, 0.4) is 0 Å². The number of fused-ring (bicyclic) bond motifs is 2. The van der Waals surface area contributed by atoms with Gasteiger partial charge < -0.3 is 0 Å². The van der Waals surface area contributed by atoms with Gasteiger partial charge in [-0.3, -0.25) is 9.88 Å². The van der Waals surface area contributed by atoms with Crippen molar-refractivity contribution in [3.05, 3.63) is 71.6 Å².